The number of nitrogens with two attached hydrogens (primary N) is 1. The average Bonchev–Trinajstić information content (AvgIpc) is 3.77. The van der Waals surface area contributed by atoms with Gasteiger partial charge in [-0.05, 0) is 49.6 Å². The molecule has 1 amide bonds. The molecule has 14 heteroatoms. The number of rotatable bonds is 9. The van der Waals surface area contributed by atoms with E-state index >= 15 is 4.39 Å². The van der Waals surface area contributed by atoms with Gasteiger partial charge in [-0.25, -0.2) is 13.8 Å². The van der Waals surface area contributed by atoms with Gasteiger partial charge in [0, 0.05) is 54.7 Å². The Bertz CT molecular complexity index is 1840. The largest absolute Gasteiger partial charge is 0.463 e. The number of halogens is 2. The molecule has 3 aliphatic rings. The van der Waals surface area contributed by atoms with Crippen LogP contribution in [0.1, 0.15) is 18.4 Å². The molecule has 2 aliphatic heterocycles. The van der Waals surface area contributed by atoms with E-state index in [1.807, 2.05) is 11.0 Å². The summed E-state index contributed by atoms with van der Waals surface area (Å²) in [4.78, 5) is 30.4. The van der Waals surface area contributed by atoms with Crippen molar-refractivity contribution in [3.63, 3.8) is 0 Å². The number of hydrogen-bond donors (Lipinski definition) is 2. The number of ether oxygens (including phenoxy) is 3. The minimum absolute atomic E-state index is 0.0203. The van der Waals surface area contributed by atoms with Crippen LogP contribution in [0.3, 0.4) is 0 Å². The van der Waals surface area contributed by atoms with Crippen LogP contribution in [0.25, 0.3) is 32.2 Å². The second kappa shape index (κ2) is 12.9. The minimum Gasteiger partial charge on any atom is -0.463 e. The summed E-state index contributed by atoms with van der Waals surface area (Å²) in [6.45, 7) is 11.3. The zero-order valence-corrected chi connectivity index (χ0v) is 27.0. The summed E-state index contributed by atoms with van der Waals surface area (Å²) in [5, 5.41) is 3.58. The normalized spacial score (nSPS) is 19.9. The predicted molar refractivity (Wildman–Crippen MR) is 177 cm³/mol. The monoisotopic (exact) mass is 665 g/mol. The third-order valence-corrected chi connectivity index (χ3v) is 9.99. The van der Waals surface area contributed by atoms with Crippen molar-refractivity contribution in [1.29, 1.82) is 0 Å². The maximum absolute atomic E-state index is 16.9. The number of anilines is 2. The maximum Gasteiger partial charge on any atom is 0.319 e. The number of nitrogens with zero attached hydrogens (tertiary/aromatic N) is 5. The number of carbonyl (C=O) groups excluding carboxylic acids is 1. The van der Waals surface area contributed by atoms with Crippen molar-refractivity contribution >= 4 is 49.3 Å². The number of hydrogen-bond acceptors (Lipinski definition) is 11. The Morgan fingerprint density at radius 2 is 1.96 bits per heavy atom. The van der Waals surface area contributed by atoms with Crippen molar-refractivity contribution in [3.05, 3.63) is 48.1 Å². The van der Waals surface area contributed by atoms with Gasteiger partial charge in [-0.2, -0.15) is 9.97 Å². The molecule has 1 atom stereocenters. The second-order valence-electron chi connectivity index (χ2n) is 12.5. The molecule has 7 rings (SSSR count). The lowest BCUT2D eigenvalue weighted by Gasteiger charge is -2.30. The van der Waals surface area contributed by atoms with Crippen LogP contribution in [-0.2, 0) is 14.3 Å². The molecule has 3 fully saturated rings. The number of fused-ring (bicyclic) bond motifs is 2. The molecule has 248 valence electrons. The Kier molecular flexibility index (Phi) is 8.68. The standard InChI is InChI=1S/C33H37F2N7O4S/c1-3-24(43)37-20-15-42(10-13-45-16-20)30-22-14-19(2)25(21-4-5-23(34)29-28(21)38-31(36)47-29)26(35)27(22)39-32(40-30)46-18-33(6-7-33)17-41-8-11-44-12-9-41/h3-5,14,20H,1,6-13,15-18H2,2H3,(H2,36,38)(H,37,43)/t20-/m0/s1. The van der Waals surface area contributed by atoms with E-state index in [9.17, 15) is 9.18 Å². The van der Waals surface area contributed by atoms with Crippen LogP contribution in [0.5, 0.6) is 6.01 Å². The van der Waals surface area contributed by atoms with Crippen LogP contribution in [0, 0.1) is 24.0 Å². The van der Waals surface area contributed by atoms with Gasteiger partial charge in [0.15, 0.2) is 10.9 Å². The van der Waals surface area contributed by atoms with Crippen molar-refractivity contribution in [2.75, 3.05) is 76.4 Å². The Morgan fingerprint density at radius 3 is 2.72 bits per heavy atom. The first kappa shape index (κ1) is 31.6. The van der Waals surface area contributed by atoms with Crippen molar-refractivity contribution in [1.82, 2.24) is 25.2 Å². The fourth-order valence-electron chi connectivity index (χ4n) is 6.47. The summed E-state index contributed by atoms with van der Waals surface area (Å²) in [6, 6.07) is 4.37. The van der Waals surface area contributed by atoms with Gasteiger partial charge in [0.25, 0.3) is 0 Å². The average molecular weight is 666 g/mol. The number of aromatic nitrogens is 3. The van der Waals surface area contributed by atoms with Gasteiger partial charge in [0.05, 0.1) is 49.3 Å². The molecule has 4 aromatic rings. The highest BCUT2D eigenvalue weighted by atomic mass is 32.1. The van der Waals surface area contributed by atoms with Gasteiger partial charge in [0.1, 0.15) is 17.2 Å². The molecule has 47 heavy (non-hydrogen) atoms. The Morgan fingerprint density at radius 1 is 1.17 bits per heavy atom. The van der Waals surface area contributed by atoms with E-state index in [2.05, 4.69) is 26.8 Å². The molecule has 1 saturated carbocycles. The zero-order valence-electron chi connectivity index (χ0n) is 26.2. The molecular weight excluding hydrogens is 628 g/mol. The number of aryl methyl sites for hydroxylation is 1. The fourth-order valence-corrected chi connectivity index (χ4v) is 7.24. The Balaban J connectivity index is 1.30. The molecule has 1 aliphatic carbocycles. The second-order valence-corrected chi connectivity index (χ2v) is 13.6. The molecule has 0 radical (unpaired) electrons. The molecule has 0 unspecified atom stereocenters. The number of nitrogen functional groups attached to an aromatic ring is 1. The predicted octanol–water partition coefficient (Wildman–Crippen LogP) is 4.07. The third-order valence-electron chi connectivity index (χ3n) is 9.09. The number of thiazole rings is 1. The molecule has 2 aromatic heterocycles. The SMILES string of the molecule is C=CC(=O)N[C@@H]1COCCN(c2nc(OCC3(CN4CCOCC4)CC3)nc3c(F)c(-c4ccc(F)c5sc(N)nc45)c(C)cc23)C1. The first-order chi connectivity index (χ1) is 22.7. The van der Waals surface area contributed by atoms with Crippen LogP contribution < -0.4 is 20.7 Å². The highest BCUT2D eigenvalue weighted by molar-refractivity contribution is 7.22. The molecule has 0 bridgehead atoms. The molecule has 2 saturated heterocycles. The molecule has 2 aromatic carbocycles. The number of morpholine rings is 1. The molecule has 11 nitrogen and oxygen atoms in total. The number of nitrogens with one attached hydrogen (secondary N) is 1. The van der Waals surface area contributed by atoms with E-state index in [4.69, 9.17) is 24.9 Å². The lowest BCUT2D eigenvalue weighted by atomic mass is 9.96. The topological polar surface area (TPSA) is 128 Å². The molecule has 3 N–H and O–H groups in total. The van der Waals surface area contributed by atoms with Crippen LogP contribution in [0.4, 0.5) is 19.7 Å². The quantitative estimate of drug-likeness (QED) is 0.253. The lowest BCUT2D eigenvalue weighted by Crippen LogP contribution is -2.44. The van der Waals surface area contributed by atoms with Crippen LogP contribution in [-0.4, -0.2) is 97.6 Å². The number of amides is 1. The summed E-state index contributed by atoms with van der Waals surface area (Å²) in [5.41, 5.74) is 7.56. The summed E-state index contributed by atoms with van der Waals surface area (Å²) in [7, 11) is 0. The molecular formula is C33H37F2N7O4S. The zero-order chi connectivity index (χ0) is 32.7. The Labute approximate surface area is 274 Å². The smallest absolute Gasteiger partial charge is 0.319 e. The van der Waals surface area contributed by atoms with E-state index in [0.717, 1.165) is 57.0 Å². The Hall–Kier alpha value is -3.98. The van der Waals surface area contributed by atoms with E-state index in [1.165, 1.54) is 18.2 Å². The minimum atomic E-state index is -0.593. The summed E-state index contributed by atoms with van der Waals surface area (Å²) in [5.74, 6) is -0.899. The van der Waals surface area contributed by atoms with Crippen LogP contribution >= 0.6 is 11.3 Å². The summed E-state index contributed by atoms with van der Waals surface area (Å²) >= 11 is 1.02. The first-order valence-corrected chi connectivity index (χ1v) is 16.6. The van der Waals surface area contributed by atoms with E-state index in [0.29, 0.717) is 60.8 Å². The third kappa shape index (κ3) is 6.47. The van der Waals surface area contributed by atoms with E-state index in [1.54, 1.807) is 6.92 Å². The van der Waals surface area contributed by atoms with Gasteiger partial charge in [-0.1, -0.05) is 17.9 Å². The number of benzene rings is 2. The van der Waals surface area contributed by atoms with Gasteiger partial charge < -0.3 is 30.2 Å². The highest BCUT2D eigenvalue weighted by Crippen LogP contribution is 2.47. The summed E-state index contributed by atoms with van der Waals surface area (Å²) in [6.07, 6.45) is 3.26. The van der Waals surface area contributed by atoms with Gasteiger partial charge >= 0.3 is 6.01 Å². The van der Waals surface area contributed by atoms with Crippen molar-refractivity contribution in [2.45, 2.75) is 25.8 Å². The van der Waals surface area contributed by atoms with E-state index < -0.39 is 11.6 Å². The van der Waals surface area contributed by atoms with Crippen molar-refractivity contribution in [2.24, 2.45) is 5.41 Å². The van der Waals surface area contributed by atoms with Gasteiger partial charge in [-0.15, -0.1) is 0 Å². The van der Waals surface area contributed by atoms with Crippen LogP contribution in [0.15, 0.2) is 30.9 Å². The van der Waals surface area contributed by atoms with Crippen molar-refractivity contribution in [3.8, 4) is 17.1 Å². The van der Waals surface area contributed by atoms with Crippen LogP contribution in [0.2, 0.25) is 0 Å². The maximum atomic E-state index is 16.9. The molecule has 0 spiro atoms. The summed E-state index contributed by atoms with van der Waals surface area (Å²) < 4.78 is 49.5. The first-order valence-electron chi connectivity index (χ1n) is 15.8. The highest BCUT2D eigenvalue weighted by Gasteiger charge is 2.45. The number of carbonyl (C=O) groups is 1. The van der Waals surface area contributed by atoms with E-state index in [-0.39, 0.29) is 44.3 Å². The lowest BCUT2D eigenvalue weighted by molar-refractivity contribution is -0.117. The van der Waals surface area contributed by atoms with Gasteiger partial charge in [0.2, 0.25) is 5.91 Å². The fraction of sp³-hybridized carbons (Fsp3) is 0.455. The molecule has 4 heterocycles. The van der Waals surface area contributed by atoms with Gasteiger partial charge in [-0.3, -0.25) is 9.69 Å². The van der Waals surface area contributed by atoms with Crippen molar-refractivity contribution < 1.29 is 27.8 Å².